The van der Waals surface area contributed by atoms with Gasteiger partial charge in [0.1, 0.15) is 11.5 Å². The van der Waals surface area contributed by atoms with Crippen molar-refractivity contribution < 1.29 is 17.6 Å². The minimum atomic E-state index is -3.46. The van der Waals surface area contributed by atoms with E-state index in [-0.39, 0.29) is 6.10 Å². The molecule has 0 unspecified atom stereocenters. The number of nitrogens with zero attached hydrogens (tertiary/aromatic N) is 2. The number of rotatable bonds is 6. The van der Waals surface area contributed by atoms with Crippen molar-refractivity contribution >= 4 is 10.0 Å². The lowest BCUT2D eigenvalue weighted by Gasteiger charge is -2.33. The van der Waals surface area contributed by atoms with Crippen molar-refractivity contribution in [1.29, 1.82) is 0 Å². The van der Waals surface area contributed by atoms with Crippen molar-refractivity contribution in [1.82, 2.24) is 9.21 Å². The molecule has 6 nitrogen and oxygen atoms in total. The standard InChI is InChI=1S/C20H26N2O4S/c23-27(24,20-9-7-18(8-10-20)26-17-4-1-2-5-17)22-13-11-21(12-14-22)16-19-6-3-15-25-19/h3,6-10,15,17H,1-2,4-5,11-14,16H2. The second kappa shape index (κ2) is 8.04. The van der Waals surface area contributed by atoms with Crippen molar-refractivity contribution in [2.24, 2.45) is 0 Å². The molecule has 7 heteroatoms. The topological polar surface area (TPSA) is 63.0 Å². The van der Waals surface area contributed by atoms with Crippen LogP contribution in [0.5, 0.6) is 5.75 Å². The Hall–Kier alpha value is -1.83. The molecule has 0 spiro atoms. The molecular formula is C20H26N2O4S. The van der Waals surface area contributed by atoms with Gasteiger partial charge in [0.2, 0.25) is 10.0 Å². The van der Waals surface area contributed by atoms with Crippen LogP contribution in [0, 0.1) is 0 Å². The molecule has 4 rings (SSSR count). The Labute approximate surface area is 160 Å². The maximum Gasteiger partial charge on any atom is 0.243 e. The van der Waals surface area contributed by atoms with Gasteiger partial charge in [-0.15, -0.1) is 0 Å². The second-order valence-corrected chi connectivity index (χ2v) is 9.19. The molecule has 1 aromatic carbocycles. The van der Waals surface area contributed by atoms with Gasteiger partial charge in [0.05, 0.1) is 23.8 Å². The zero-order chi connectivity index (χ0) is 18.7. The van der Waals surface area contributed by atoms with Gasteiger partial charge >= 0.3 is 0 Å². The third kappa shape index (κ3) is 4.36. The minimum Gasteiger partial charge on any atom is -0.490 e. The number of furan rings is 1. The number of hydrogen-bond donors (Lipinski definition) is 0. The van der Waals surface area contributed by atoms with Crippen LogP contribution < -0.4 is 4.74 Å². The Morgan fingerprint density at radius 1 is 1.00 bits per heavy atom. The van der Waals surface area contributed by atoms with E-state index in [4.69, 9.17) is 9.15 Å². The van der Waals surface area contributed by atoms with Crippen molar-refractivity contribution in [3.05, 3.63) is 48.4 Å². The molecule has 1 aliphatic heterocycles. The number of ether oxygens (including phenoxy) is 1. The van der Waals surface area contributed by atoms with E-state index in [0.717, 1.165) is 24.4 Å². The van der Waals surface area contributed by atoms with Crippen molar-refractivity contribution in [2.75, 3.05) is 26.2 Å². The van der Waals surface area contributed by atoms with Crippen LogP contribution >= 0.6 is 0 Å². The zero-order valence-electron chi connectivity index (χ0n) is 15.4. The number of piperazine rings is 1. The van der Waals surface area contributed by atoms with Crippen molar-refractivity contribution in [3.8, 4) is 5.75 Å². The summed E-state index contributed by atoms with van der Waals surface area (Å²) < 4.78 is 38.7. The molecule has 27 heavy (non-hydrogen) atoms. The molecule has 2 heterocycles. The maximum atomic E-state index is 12.9. The zero-order valence-corrected chi connectivity index (χ0v) is 16.2. The third-order valence-electron chi connectivity index (χ3n) is 5.36. The van der Waals surface area contributed by atoms with Gasteiger partial charge in [-0.2, -0.15) is 4.31 Å². The fourth-order valence-electron chi connectivity index (χ4n) is 3.79. The first-order valence-corrected chi connectivity index (χ1v) is 11.1. The highest BCUT2D eigenvalue weighted by atomic mass is 32.2. The fourth-order valence-corrected chi connectivity index (χ4v) is 5.21. The van der Waals surface area contributed by atoms with E-state index in [1.807, 2.05) is 12.1 Å². The van der Waals surface area contributed by atoms with E-state index >= 15 is 0 Å². The molecule has 2 fully saturated rings. The highest BCUT2D eigenvalue weighted by Crippen LogP contribution is 2.26. The largest absolute Gasteiger partial charge is 0.490 e. The molecule has 0 atom stereocenters. The number of sulfonamides is 1. The summed E-state index contributed by atoms with van der Waals surface area (Å²) >= 11 is 0. The first kappa shape index (κ1) is 18.5. The molecule has 0 radical (unpaired) electrons. The van der Waals surface area contributed by atoms with Crippen LogP contribution in [0.2, 0.25) is 0 Å². The second-order valence-electron chi connectivity index (χ2n) is 7.26. The molecule has 0 amide bonds. The van der Waals surface area contributed by atoms with Crippen LogP contribution in [-0.2, 0) is 16.6 Å². The lowest BCUT2D eigenvalue weighted by Crippen LogP contribution is -2.48. The molecule has 1 saturated heterocycles. The Kier molecular flexibility index (Phi) is 5.52. The SMILES string of the molecule is O=S(=O)(c1ccc(OC2CCCC2)cc1)N1CCN(Cc2ccco2)CC1. The summed E-state index contributed by atoms with van der Waals surface area (Å²) in [4.78, 5) is 2.55. The van der Waals surface area contributed by atoms with Crippen LogP contribution in [0.4, 0.5) is 0 Å². The van der Waals surface area contributed by atoms with Gasteiger partial charge < -0.3 is 9.15 Å². The molecule has 1 saturated carbocycles. The average molecular weight is 391 g/mol. The summed E-state index contributed by atoms with van der Waals surface area (Å²) in [5.41, 5.74) is 0. The van der Waals surface area contributed by atoms with E-state index in [2.05, 4.69) is 4.90 Å². The van der Waals surface area contributed by atoms with Gasteiger partial charge in [0.15, 0.2) is 0 Å². The fraction of sp³-hybridized carbons (Fsp3) is 0.500. The summed E-state index contributed by atoms with van der Waals surface area (Å²) in [5, 5.41) is 0. The highest BCUT2D eigenvalue weighted by Gasteiger charge is 2.28. The Bertz CT molecular complexity index is 819. The monoisotopic (exact) mass is 390 g/mol. The lowest BCUT2D eigenvalue weighted by molar-refractivity contribution is 0.171. The Balaban J connectivity index is 1.35. The summed E-state index contributed by atoms with van der Waals surface area (Å²) in [7, 11) is -3.46. The molecule has 1 aromatic heterocycles. The summed E-state index contributed by atoms with van der Waals surface area (Å²) in [5.74, 6) is 1.66. The third-order valence-corrected chi connectivity index (χ3v) is 7.27. The first-order chi connectivity index (χ1) is 13.1. The highest BCUT2D eigenvalue weighted by molar-refractivity contribution is 7.89. The van der Waals surface area contributed by atoms with Crippen LogP contribution in [-0.4, -0.2) is 49.9 Å². The van der Waals surface area contributed by atoms with Gasteiger partial charge in [-0.3, -0.25) is 4.90 Å². The number of benzene rings is 1. The van der Waals surface area contributed by atoms with E-state index in [9.17, 15) is 8.42 Å². The van der Waals surface area contributed by atoms with Crippen molar-refractivity contribution in [2.45, 2.75) is 43.2 Å². The first-order valence-electron chi connectivity index (χ1n) is 9.63. The Morgan fingerprint density at radius 2 is 1.70 bits per heavy atom. The molecule has 0 bridgehead atoms. The van der Waals surface area contributed by atoms with Crippen molar-refractivity contribution in [3.63, 3.8) is 0 Å². The molecule has 2 aromatic rings. The quantitative estimate of drug-likeness (QED) is 0.758. The molecule has 1 aliphatic carbocycles. The lowest BCUT2D eigenvalue weighted by atomic mass is 10.3. The van der Waals surface area contributed by atoms with Crippen LogP contribution in [0.15, 0.2) is 52.0 Å². The molecule has 0 N–H and O–H groups in total. The maximum absolute atomic E-state index is 12.9. The van der Waals surface area contributed by atoms with E-state index in [1.165, 1.54) is 12.8 Å². The number of hydrogen-bond acceptors (Lipinski definition) is 5. The molecular weight excluding hydrogens is 364 g/mol. The average Bonchev–Trinajstić information content (AvgIpc) is 3.37. The van der Waals surface area contributed by atoms with Gasteiger partial charge in [-0.1, -0.05) is 0 Å². The predicted octanol–water partition coefficient (Wildman–Crippen LogP) is 3.11. The molecule has 2 aliphatic rings. The smallest absolute Gasteiger partial charge is 0.243 e. The van der Waals surface area contributed by atoms with Gasteiger partial charge in [0, 0.05) is 26.2 Å². The van der Waals surface area contributed by atoms with E-state index in [0.29, 0.717) is 37.6 Å². The van der Waals surface area contributed by atoms with Gasteiger partial charge in [0.25, 0.3) is 0 Å². The van der Waals surface area contributed by atoms with Crippen LogP contribution in [0.25, 0.3) is 0 Å². The normalized spacial score (nSPS) is 20.1. The van der Waals surface area contributed by atoms with Gasteiger partial charge in [-0.05, 0) is 62.1 Å². The summed E-state index contributed by atoms with van der Waals surface area (Å²) in [6.07, 6.45) is 6.53. The predicted molar refractivity (Wildman–Crippen MR) is 102 cm³/mol. The Morgan fingerprint density at radius 3 is 2.33 bits per heavy atom. The molecule has 146 valence electrons. The summed E-state index contributed by atoms with van der Waals surface area (Å²) in [6, 6.07) is 10.7. The van der Waals surface area contributed by atoms with Gasteiger partial charge in [-0.25, -0.2) is 8.42 Å². The minimum absolute atomic E-state index is 0.273. The van der Waals surface area contributed by atoms with Crippen LogP contribution in [0.1, 0.15) is 31.4 Å². The van der Waals surface area contributed by atoms with E-state index < -0.39 is 10.0 Å². The van der Waals surface area contributed by atoms with E-state index in [1.54, 1.807) is 34.8 Å². The van der Waals surface area contributed by atoms with Crippen LogP contribution in [0.3, 0.4) is 0 Å². The summed E-state index contributed by atoms with van der Waals surface area (Å²) in [6.45, 7) is 3.09.